The summed E-state index contributed by atoms with van der Waals surface area (Å²) >= 11 is 0. The first-order valence-corrected chi connectivity index (χ1v) is 15.6. The van der Waals surface area contributed by atoms with Gasteiger partial charge in [0.15, 0.2) is 5.82 Å². The molecule has 0 amide bonds. The van der Waals surface area contributed by atoms with Crippen LogP contribution in [0.15, 0.2) is 6.07 Å². The summed E-state index contributed by atoms with van der Waals surface area (Å²) in [5.74, 6) is -2.26. The molecule has 3 N–H and O–H groups in total. The van der Waals surface area contributed by atoms with Crippen LogP contribution in [-0.2, 0) is 6.18 Å². The Morgan fingerprint density at radius 1 is 1.15 bits per heavy atom. The molecule has 6 atom stereocenters. The van der Waals surface area contributed by atoms with E-state index in [0.717, 1.165) is 45.2 Å². The van der Waals surface area contributed by atoms with Crippen LogP contribution in [0, 0.1) is 18.6 Å². The largest absolute Gasteiger partial charge is 0.472 e. The molecule has 8 rings (SSSR count). The van der Waals surface area contributed by atoms with Crippen LogP contribution >= 0.6 is 0 Å². The van der Waals surface area contributed by atoms with Gasteiger partial charge < -0.3 is 25.4 Å². The van der Waals surface area contributed by atoms with Gasteiger partial charge in [0.25, 0.3) is 0 Å². The van der Waals surface area contributed by atoms with Gasteiger partial charge in [-0.25, -0.2) is 18.2 Å². The predicted octanol–water partition coefficient (Wildman–Crippen LogP) is 4.92. The van der Waals surface area contributed by atoms with E-state index in [9.17, 15) is 22.0 Å². The Kier molecular flexibility index (Phi) is 6.61. The minimum absolute atomic E-state index is 0.0176. The Hall–Kier alpha value is -3.59. The minimum atomic E-state index is -5.06. The monoisotopic (exact) mass is 649 g/mol. The molecule has 4 fully saturated rings. The number of anilines is 2. The van der Waals surface area contributed by atoms with E-state index in [1.165, 1.54) is 0 Å². The van der Waals surface area contributed by atoms with Gasteiger partial charge in [-0.3, -0.25) is 4.90 Å². The third-order valence-corrected chi connectivity index (χ3v) is 10.5. The highest BCUT2D eigenvalue weighted by molar-refractivity contribution is 5.97. The molecular weight excluding hydrogens is 616 g/mol. The predicted molar refractivity (Wildman–Crippen MR) is 157 cm³/mol. The lowest BCUT2D eigenvalue weighted by Gasteiger charge is -2.42. The number of alkyl halides is 4. The van der Waals surface area contributed by atoms with Gasteiger partial charge in [0.2, 0.25) is 5.88 Å². The number of pyridine rings is 1. The molecule has 0 spiro atoms. The number of fused-ring (bicyclic) bond motifs is 6. The van der Waals surface area contributed by atoms with E-state index in [-0.39, 0.29) is 47.5 Å². The molecule has 15 heteroatoms. The number of nitrogen functional groups attached to an aromatic ring is 1. The van der Waals surface area contributed by atoms with Crippen molar-refractivity contribution in [3.8, 4) is 23.1 Å². The number of hydrogen-bond donors (Lipinski definition) is 2. The standard InChI is InChI=1S/C31H33F6N7O2/c1-13-21(31(35,36)37)17(8-18(38)22(13)33)24-23(34)25-20-27(42-29(41-25)45-12-30-6-3-7-43(30)10-15(32)9-30)44-11-16-4-5-19(39-16)26(44)14(2)46-28(20)40-24/h8,14-16,19,26,39H,3-7,9-12,38H2,1-2H3/t14-,15-,16-,19+,26+,30+/m1/s1. The molecule has 2 bridgehead atoms. The Labute approximate surface area is 260 Å². The third kappa shape index (κ3) is 4.40. The molecule has 246 valence electrons. The van der Waals surface area contributed by atoms with Gasteiger partial charge >= 0.3 is 12.2 Å². The average Bonchev–Trinajstić information content (AvgIpc) is 3.63. The van der Waals surface area contributed by atoms with Crippen LogP contribution in [0.2, 0.25) is 0 Å². The van der Waals surface area contributed by atoms with E-state index in [0.29, 0.717) is 25.3 Å². The summed E-state index contributed by atoms with van der Waals surface area (Å²) in [5, 5.41) is 3.70. The van der Waals surface area contributed by atoms with Crippen molar-refractivity contribution in [2.24, 2.45) is 0 Å². The number of benzene rings is 1. The van der Waals surface area contributed by atoms with Crippen LogP contribution in [0.1, 0.15) is 50.2 Å². The Morgan fingerprint density at radius 3 is 2.74 bits per heavy atom. The molecule has 5 aliphatic heterocycles. The molecule has 2 aromatic heterocycles. The second-order valence-corrected chi connectivity index (χ2v) is 13.3. The van der Waals surface area contributed by atoms with E-state index < -0.39 is 63.7 Å². The maximum atomic E-state index is 16.8. The van der Waals surface area contributed by atoms with Crippen molar-refractivity contribution in [1.82, 2.24) is 25.2 Å². The fourth-order valence-corrected chi connectivity index (χ4v) is 8.55. The molecule has 4 saturated heterocycles. The summed E-state index contributed by atoms with van der Waals surface area (Å²) in [7, 11) is 0. The Morgan fingerprint density at radius 2 is 1.96 bits per heavy atom. The number of piperazine rings is 1. The summed E-state index contributed by atoms with van der Waals surface area (Å²) in [6.07, 6.45) is -2.89. The van der Waals surface area contributed by atoms with Crippen molar-refractivity contribution in [3.63, 3.8) is 0 Å². The van der Waals surface area contributed by atoms with E-state index in [4.69, 9.17) is 20.2 Å². The van der Waals surface area contributed by atoms with E-state index in [2.05, 4.69) is 20.2 Å². The minimum Gasteiger partial charge on any atom is -0.472 e. The van der Waals surface area contributed by atoms with Crippen molar-refractivity contribution >= 4 is 22.4 Å². The summed E-state index contributed by atoms with van der Waals surface area (Å²) in [4.78, 5) is 17.6. The van der Waals surface area contributed by atoms with Crippen molar-refractivity contribution in [2.45, 2.75) is 88.1 Å². The molecule has 1 aromatic carbocycles. The van der Waals surface area contributed by atoms with Crippen molar-refractivity contribution in [1.29, 1.82) is 0 Å². The van der Waals surface area contributed by atoms with Crippen molar-refractivity contribution in [2.75, 3.05) is 36.9 Å². The first-order chi connectivity index (χ1) is 21.8. The molecule has 0 aliphatic carbocycles. The zero-order valence-corrected chi connectivity index (χ0v) is 25.2. The number of ether oxygens (including phenoxy) is 2. The normalized spacial score (nSPS) is 30.3. The van der Waals surface area contributed by atoms with E-state index in [1.807, 2.05) is 11.8 Å². The van der Waals surface area contributed by atoms with Gasteiger partial charge in [0.1, 0.15) is 47.1 Å². The van der Waals surface area contributed by atoms with Crippen molar-refractivity contribution < 1.29 is 35.8 Å². The maximum absolute atomic E-state index is 16.8. The van der Waals surface area contributed by atoms with Crippen molar-refractivity contribution in [3.05, 3.63) is 28.8 Å². The maximum Gasteiger partial charge on any atom is 0.417 e. The highest BCUT2D eigenvalue weighted by Crippen LogP contribution is 2.48. The lowest BCUT2D eigenvalue weighted by Crippen LogP contribution is -2.62. The van der Waals surface area contributed by atoms with Gasteiger partial charge in [-0.2, -0.15) is 23.1 Å². The number of nitrogens with two attached hydrogens (primary N) is 1. The fourth-order valence-electron chi connectivity index (χ4n) is 8.55. The van der Waals surface area contributed by atoms with Gasteiger partial charge in [0.05, 0.1) is 22.8 Å². The Balaban J connectivity index is 1.33. The number of halogens is 6. The van der Waals surface area contributed by atoms with Crippen LogP contribution in [0.5, 0.6) is 11.9 Å². The summed E-state index contributed by atoms with van der Waals surface area (Å²) in [6, 6.07) is 0.460. The van der Waals surface area contributed by atoms with Gasteiger partial charge in [-0.05, 0) is 57.7 Å². The first-order valence-electron chi connectivity index (χ1n) is 15.6. The number of nitrogens with zero attached hydrogens (tertiary/aromatic N) is 5. The average molecular weight is 650 g/mol. The lowest BCUT2D eigenvalue weighted by molar-refractivity contribution is -0.137. The Bertz CT molecular complexity index is 1760. The van der Waals surface area contributed by atoms with Gasteiger partial charge in [-0.15, -0.1) is 0 Å². The van der Waals surface area contributed by atoms with Crippen LogP contribution < -0.4 is 25.4 Å². The summed E-state index contributed by atoms with van der Waals surface area (Å²) in [5.41, 5.74) is 0.644. The zero-order valence-electron chi connectivity index (χ0n) is 25.2. The highest BCUT2D eigenvalue weighted by Gasteiger charge is 2.50. The molecule has 9 nitrogen and oxygen atoms in total. The number of nitrogens with one attached hydrogen (secondary N) is 1. The first kappa shape index (κ1) is 29.8. The summed E-state index contributed by atoms with van der Waals surface area (Å²) in [6.45, 7) is 4.41. The zero-order chi connectivity index (χ0) is 32.3. The molecule has 3 aromatic rings. The van der Waals surface area contributed by atoms with Crippen LogP contribution in [0.25, 0.3) is 22.2 Å². The topological polar surface area (TPSA) is 102 Å². The van der Waals surface area contributed by atoms with E-state index in [1.54, 1.807) is 0 Å². The number of hydrogen-bond acceptors (Lipinski definition) is 9. The number of rotatable bonds is 4. The second kappa shape index (κ2) is 10.2. The molecule has 0 radical (unpaired) electrons. The summed E-state index contributed by atoms with van der Waals surface area (Å²) < 4.78 is 102. The molecule has 46 heavy (non-hydrogen) atoms. The van der Waals surface area contributed by atoms with Gasteiger partial charge in [-0.1, -0.05) is 0 Å². The van der Waals surface area contributed by atoms with Gasteiger partial charge in [0, 0.05) is 37.2 Å². The highest BCUT2D eigenvalue weighted by atomic mass is 19.4. The molecule has 5 aliphatic rings. The number of aromatic nitrogens is 3. The van der Waals surface area contributed by atoms with Crippen LogP contribution in [0.4, 0.5) is 37.8 Å². The SMILES string of the molecule is Cc1c(F)c(N)cc(-c2nc3c4c(nc(OC[C@@]56CCCN5C[C@H](F)C6)nc4c2F)N2C[C@H]4CC[C@H](N4)[C@@H]2[C@@H](C)O3)c1C(F)(F)F. The lowest BCUT2D eigenvalue weighted by atomic mass is 9.95. The molecule has 7 heterocycles. The van der Waals surface area contributed by atoms with Crippen LogP contribution in [0.3, 0.4) is 0 Å². The molecular formula is C31H33F6N7O2. The second-order valence-electron chi connectivity index (χ2n) is 13.3. The van der Waals surface area contributed by atoms with E-state index >= 15 is 4.39 Å². The van der Waals surface area contributed by atoms with Crippen LogP contribution in [-0.4, -0.2) is 82.0 Å². The molecule has 0 unspecified atom stereocenters. The fraction of sp³-hybridized carbons (Fsp3) is 0.581. The quantitative estimate of drug-likeness (QED) is 0.301. The smallest absolute Gasteiger partial charge is 0.417 e. The third-order valence-electron chi connectivity index (χ3n) is 10.5. The molecule has 0 saturated carbocycles.